The van der Waals surface area contributed by atoms with Gasteiger partial charge in [-0.3, -0.25) is 0 Å². The maximum absolute atomic E-state index is 14.4. The number of benzene rings is 1. The van der Waals surface area contributed by atoms with Gasteiger partial charge >= 0.3 is 12.3 Å². The van der Waals surface area contributed by atoms with Gasteiger partial charge in [0.2, 0.25) is 5.95 Å². The zero-order valence-corrected chi connectivity index (χ0v) is 24.7. The van der Waals surface area contributed by atoms with E-state index in [1.54, 1.807) is 20.0 Å². The Morgan fingerprint density at radius 1 is 1.07 bits per heavy atom. The Hall–Kier alpha value is -5.06. The number of likely N-dealkylation sites (tertiary alicyclic amines) is 1. The van der Waals surface area contributed by atoms with E-state index < -0.39 is 39.6 Å². The molecule has 1 aromatic carbocycles. The number of piperidine rings is 1. The largest absolute Gasteiger partial charge is 0.465 e. The van der Waals surface area contributed by atoms with Crippen molar-refractivity contribution < 1.29 is 31.5 Å². The van der Waals surface area contributed by atoms with Gasteiger partial charge in [0.05, 0.1) is 22.5 Å². The van der Waals surface area contributed by atoms with Crippen LogP contribution in [0.4, 0.5) is 23.9 Å². The van der Waals surface area contributed by atoms with Gasteiger partial charge in [0, 0.05) is 49.0 Å². The van der Waals surface area contributed by atoms with Crippen molar-refractivity contribution >= 4 is 33.1 Å². The van der Waals surface area contributed by atoms with Crippen LogP contribution in [0.15, 0.2) is 66.0 Å². The molecule has 13 nitrogen and oxygen atoms in total. The summed E-state index contributed by atoms with van der Waals surface area (Å²) < 4.78 is 73.1. The van der Waals surface area contributed by atoms with Gasteiger partial charge in [-0.1, -0.05) is 23.4 Å². The molecule has 0 bridgehead atoms. The van der Waals surface area contributed by atoms with E-state index in [4.69, 9.17) is 0 Å². The van der Waals surface area contributed by atoms with Crippen LogP contribution in [0.1, 0.15) is 25.3 Å². The van der Waals surface area contributed by atoms with Crippen LogP contribution in [0.3, 0.4) is 0 Å². The van der Waals surface area contributed by atoms with Crippen molar-refractivity contribution in [1.82, 2.24) is 38.8 Å². The van der Waals surface area contributed by atoms with Crippen molar-refractivity contribution in [2.75, 3.05) is 11.9 Å². The van der Waals surface area contributed by atoms with Gasteiger partial charge in [-0.05, 0) is 44.0 Å². The predicted molar refractivity (Wildman–Crippen MR) is 156 cm³/mol. The van der Waals surface area contributed by atoms with Crippen LogP contribution in [-0.2, 0) is 23.2 Å². The minimum Gasteiger partial charge on any atom is -0.465 e. The van der Waals surface area contributed by atoms with Crippen LogP contribution in [0.2, 0.25) is 0 Å². The molecule has 4 aromatic heterocycles. The molecule has 17 heteroatoms. The van der Waals surface area contributed by atoms with E-state index in [0.29, 0.717) is 30.4 Å². The third-order valence-corrected chi connectivity index (χ3v) is 9.37. The number of nitrogens with zero attached hydrogens (tertiary/aromatic N) is 8. The SMILES string of the molecule is C[C@H]1CC[C@H](Nc2ncc(C(F)(F)F)c(-c3cn(S(=O)(=O)c4ccccc4)c4nc(-c5cnnn5C)ccc34)n2)CN1C(=O)O. The van der Waals surface area contributed by atoms with Gasteiger partial charge in [-0.2, -0.15) is 13.2 Å². The van der Waals surface area contributed by atoms with Gasteiger partial charge in [0.1, 0.15) is 11.3 Å². The Morgan fingerprint density at radius 3 is 2.49 bits per heavy atom. The number of carbonyl (C=O) groups is 1. The molecule has 1 aliphatic heterocycles. The molecule has 1 aliphatic rings. The molecule has 45 heavy (non-hydrogen) atoms. The summed E-state index contributed by atoms with van der Waals surface area (Å²) in [6.07, 6.45) is -1.81. The molecule has 5 heterocycles. The molecule has 6 rings (SSSR count). The third-order valence-electron chi connectivity index (χ3n) is 7.71. The predicted octanol–water partition coefficient (Wildman–Crippen LogP) is 4.49. The maximum Gasteiger partial charge on any atom is 0.419 e. The standard InChI is InChI=1S/C28H26F3N9O4S/c1-16-8-9-17(14-39(16)27(41)42)34-26-32-12-21(28(29,30)31)24(36-26)20-15-40(45(43,44)18-6-4-3-5-7-18)25-19(20)10-11-22(35-25)23-13-33-37-38(23)2/h3-7,10-13,15-17H,8-9,14H2,1-2H3,(H,41,42)(H,32,34,36)/t16-,17-/m0/s1. The molecule has 1 saturated heterocycles. The van der Waals surface area contributed by atoms with Crippen molar-refractivity contribution in [3.8, 4) is 22.6 Å². The van der Waals surface area contributed by atoms with E-state index in [2.05, 4.69) is 30.6 Å². The van der Waals surface area contributed by atoms with Gasteiger partial charge < -0.3 is 15.3 Å². The van der Waals surface area contributed by atoms with Gasteiger partial charge in [0.25, 0.3) is 10.0 Å². The first-order valence-corrected chi connectivity index (χ1v) is 15.2. The van der Waals surface area contributed by atoms with Crippen LogP contribution < -0.4 is 5.32 Å². The lowest BCUT2D eigenvalue weighted by molar-refractivity contribution is -0.137. The number of hydrogen-bond acceptors (Lipinski definition) is 9. The number of amides is 1. The first kappa shape index (κ1) is 30.0. The number of aromatic nitrogens is 7. The van der Waals surface area contributed by atoms with E-state index in [1.807, 2.05) is 0 Å². The normalized spacial score (nSPS) is 17.5. The molecule has 234 valence electrons. The lowest BCUT2D eigenvalue weighted by Crippen LogP contribution is -2.49. The first-order chi connectivity index (χ1) is 21.3. The van der Waals surface area contributed by atoms with Crippen molar-refractivity contribution in [2.24, 2.45) is 7.05 Å². The molecule has 2 atom stereocenters. The number of rotatable bonds is 6. The molecular formula is C28H26F3N9O4S. The average molecular weight is 642 g/mol. The second-order valence-corrected chi connectivity index (χ2v) is 12.4. The second-order valence-electron chi connectivity index (χ2n) is 10.6. The highest BCUT2D eigenvalue weighted by atomic mass is 32.2. The maximum atomic E-state index is 14.4. The summed E-state index contributed by atoms with van der Waals surface area (Å²) in [5, 5.41) is 20.3. The fraction of sp³-hybridized carbons (Fsp3) is 0.286. The Labute approximate surface area is 254 Å². The number of pyridine rings is 1. The van der Waals surface area contributed by atoms with E-state index >= 15 is 0 Å². The van der Waals surface area contributed by atoms with Gasteiger partial charge in [-0.15, -0.1) is 5.10 Å². The number of carboxylic acid groups (broad SMARTS) is 1. The van der Waals surface area contributed by atoms with E-state index in [0.717, 1.165) is 10.2 Å². The zero-order chi connectivity index (χ0) is 32.1. The number of anilines is 1. The highest BCUT2D eigenvalue weighted by Crippen LogP contribution is 2.40. The molecule has 0 spiro atoms. The Bertz CT molecular complexity index is 2010. The monoisotopic (exact) mass is 641 g/mol. The summed E-state index contributed by atoms with van der Waals surface area (Å²) >= 11 is 0. The average Bonchev–Trinajstić information content (AvgIpc) is 3.61. The number of nitrogens with one attached hydrogen (secondary N) is 1. The quantitative estimate of drug-likeness (QED) is 0.270. The molecule has 0 radical (unpaired) electrons. The van der Waals surface area contributed by atoms with E-state index in [1.165, 1.54) is 52.2 Å². The number of hydrogen-bond donors (Lipinski definition) is 2. The number of aryl methyl sites for hydroxylation is 1. The van der Waals surface area contributed by atoms with Crippen molar-refractivity contribution in [3.05, 3.63) is 66.6 Å². The first-order valence-electron chi connectivity index (χ1n) is 13.7. The molecule has 0 aliphatic carbocycles. The molecule has 0 saturated carbocycles. The Balaban J connectivity index is 1.53. The zero-order valence-electron chi connectivity index (χ0n) is 23.8. The molecule has 2 N–H and O–H groups in total. The van der Waals surface area contributed by atoms with Crippen LogP contribution >= 0.6 is 0 Å². The molecule has 1 amide bonds. The summed E-state index contributed by atoms with van der Waals surface area (Å²) in [7, 11) is -2.72. The lowest BCUT2D eigenvalue weighted by Gasteiger charge is -2.36. The highest BCUT2D eigenvalue weighted by Gasteiger charge is 2.37. The van der Waals surface area contributed by atoms with E-state index in [9.17, 15) is 31.5 Å². The Morgan fingerprint density at radius 2 is 1.82 bits per heavy atom. The van der Waals surface area contributed by atoms with Crippen molar-refractivity contribution in [2.45, 2.75) is 42.9 Å². The fourth-order valence-corrected chi connectivity index (χ4v) is 6.69. The molecular weight excluding hydrogens is 615 g/mol. The van der Waals surface area contributed by atoms with Crippen LogP contribution in [-0.4, -0.2) is 77.1 Å². The summed E-state index contributed by atoms with van der Waals surface area (Å²) in [6, 6.07) is 9.76. The topological polar surface area (TPSA) is 161 Å². The molecule has 1 fully saturated rings. The van der Waals surface area contributed by atoms with Crippen LogP contribution in [0.5, 0.6) is 0 Å². The van der Waals surface area contributed by atoms with Crippen LogP contribution in [0.25, 0.3) is 33.7 Å². The third kappa shape index (κ3) is 5.54. The van der Waals surface area contributed by atoms with Crippen molar-refractivity contribution in [3.63, 3.8) is 0 Å². The number of fused-ring (bicyclic) bond motifs is 1. The lowest BCUT2D eigenvalue weighted by atomic mass is 10.00. The van der Waals surface area contributed by atoms with Gasteiger partial charge in [-0.25, -0.2) is 36.8 Å². The number of alkyl halides is 3. The summed E-state index contributed by atoms with van der Waals surface area (Å²) in [5.74, 6) is -0.166. The van der Waals surface area contributed by atoms with Crippen LogP contribution in [0, 0.1) is 0 Å². The van der Waals surface area contributed by atoms with Gasteiger partial charge in [0.15, 0.2) is 5.65 Å². The highest BCUT2D eigenvalue weighted by molar-refractivity contribution is 7.90. The Kier molecular flexibility index (Phi) is 7.42. The molecule has 0 unspecified atom stereocenters. The minimum absolute atomic E-state index is 0.0837. The fourth-order valence-electron chi connectivity index (χ4n) is 5.35. The number of halogens is 3. The smallest absolute Gasteiger partial charge is 0.419 e. The van der Waals surface area contributed by atoms with Crippen molar-refractivity contribution in [1.29, 1.82) is 0 Å². The second kappa shape index (κ2) is 11.1. The summed E-state index contributed by atoms with van der Waals surface area (Å²) in [5.41, 5.74) is -1.29. The van der Waals surface area contributed by atoms with E-state index in [-0.39, 0.29) is 40.0 Å². The minimum atomic E-state index is -4.89. The summed E-state index contributed by atoms with van der Waals surface area (Å²) in [6.45, 7) is 1.86. The summed E-state index contributed by atoms with van der Waals surface area (Å²) in [4.78, 5) is 25.5. The molecule has 5 aromatic rings.